The number of rotatable bonds is 4. The highest BCUT2D eigenvalue weighted by atomic mass is 16.6. The Hall–Kier alpha value is -1.46. The maximum Gasteiger partial charge on any atom is 0.272 e. The van der Waals surface area contributed by atoms with E-state index in [1.807, 2.05) is 12.1 Å². The average molecular weight is 263 g/mol. The van der Waals surface area contributed by atoms with Gasteiger partial charge in [0.25, 0.3) is 5.69 Å². The quantitative estimate of drug-likeness (QED) is 0.665. The minimum Gasteiger partial charge on any atom is -0.309 e. The second-order valence-corrected chi connectivity index (χ2v) is 5.36. The molecule has 5 heteroatoms. The number of para-hydroxylation sites is 1. The van der Waals surface area contributed by atoms with Crippen LogP contribution in [0.5, 0.6) is 0 Å². The number of nitro groups is 1. The fourth-order valence-electron chi connectivity index (χ4n) is 2.80. The molecule has 0 bridgehead atoms. The fraction of sp³-hybridized carbons (Fsp3) is 0.571. The van der Waals surface area contributed by atoms with Crippen LogP contribution in [0.15, 0.2) is 24.3 Å². The molecule has 19 heavy (non-hydrogen) atoms. The lowest BCUT2D eigenvalue weighted by molar-refractivity contribution is -0.385. The van der Waals surface area contributed by atoms with E-state index in [9.17, 15) is 10.1 Å². The molecular formula is C14H21N3O2. The van der Waals surface area contributed by atoms with Crippen molar-refractivity contribution in [1.29, 1.82) is 0 Å². The molecule has 2 rings (SSSR count). The third-order valence-corrected chi connectivity index (χ3v) is 3.52. The van der Waals surface area contributed by atoms with Crippen molar-refractivity contribution in [1.82, 2.24) is 10.2 Å². The molecule has 0 saturated carbocycles. The van der Waals surface area contributed by atoms with Crippen molar-refractivity contribution in [2.75, 3.05) is 19.6 Å². The SMILES string of the molecule is CC1CN(CCc2ccccc2[N+](=O)[O-])CC(C)N1. The van der Waals surface area contributed by atoms with Gasteiger partial charge in [-0.25, -0.2) is 0 Å². The smallest absolute Gasteiger partial charge is 0.272 e. The lowest BCUT2D eigenvalue weighted by atomic mass is 10.1. The number of piperazine rings is 1. The minimum absolute atomic E-state index is 0.235. The molecule has 1 fully saturated rings. The molecule has 1 aromatic carbocycles. The summed E-state index contributed by atoms with van der Waals surface area (Å²) in [6.45, 7) is 7.23. The molecule has 1 saturated heterocycles. The van der Waals surface area contributed by atoms with Crippen LogP contribution in [0.4, 0.5) is 5.69 Å². The number of nitrogens with one attached hydrogen (secondary N) is 1. The second kappa shape index (κ2) is 6.12. The van der Waals surface area contributed by atoms with E-state index >= 15 is 0 Å². The monoisotopic (exact) mass is 263 g/mol. The maximum atomic E-state index is 11.0. The molecule has 0 aromatic heterocycles. The summed E-state index contributed by atoms with van der Waals surface area (Å²) in [6, 6.07) is 7.98. The standard InChI is InChI=1S/C14H21N3O2/c1-11-9-16(10-12(2)15-11)8-7-13-5-3-4-6-14(13)17(18)19/h3-6,11-12,15H,7-10H2,1-2H3. The zero-order valence-electron chi connectivity index (χ0n) is 11.5. The van der Waals surface area contributed by atoms with Gasteiger partial charge in [0, 0.05) is 43.3 Å². The first kappa shape index (κ1) is 14.0. The fourth-order valence-corrected chi connectivity index (χ4v) is 2.80. The maximum absolute atomic E-state index is 11.0. The Morgan fingerprint density at radius 2 is 1.95 bits per heavy atom. The number of hydrogen-bond acceptors (Lipinski definition) is 4. The summed E-state index contributed by atoms with van der Waals surface area (Å²) < 4.78 is 0. The molecule has 2 atom stereocenters. The second-order valence-electron chi connectivity index (χ2n) is 5.36. The summed E-state index contributed by atoms with van der Waals surface area (Å²) in [5, 5.41) is 14.4. The van der Waals surface area contributed by atoms with E-state index in [-0.39, 0.29) is 10.6 Å². The van der Waals surface area contributed by atoms with Crippen LogP contribution in [0.1, 0.15) is 19.4 Å². The molecule has 5 nitrogen and oxygen atoms in total. The summed E-state index contributed by atoms with van der Waals surface area (Å²) in [5.74, 6) is 0. The van der Waals surface area contributed by atoms with Crippen molar-refractivity contribution in [2.45, 2.75) is 32.4 Å². The highest BCUT2D eigenvalue weighted by Crippen LogP contribution is 2.18. The molecule has 1 heterocycles. The molecule has 1 aliphatic heterocycles. The molecule has 0 amide bonds. The number of hydrogen-bond donors (Lipinski definition) is 1. The number of nitro benzene ring substituents is 1. The lowest BCUT2D eigenvalue weighted by Crippen LogP contribution is -2.54. The normalized spacial score (nSPS) is 24.3. The van der Waals surface area contributed by atoms with Crippen LogP contribution >= 0.6 is 0 Å². The van der Waals surface area contributed by atoms with E-state index in [0.29, 0.717) is 12.1 Å². The van der Waals surface area contributed by atoms with Gasteiger partial charge in [-0.1, -0.05) is 18.2 Å². The Morgan fingerprint density at radius 3 is 2.58 bits per heavy atom. The van der Waals surface area contributed by atoms with Gasteiger partial charge in [-0.15, -0.1) is 0 Å². The van der Waals surface area contributed by atoms with Gasteiger partial charge in [-0.05, 0) is 20.3 Å². The highest BCUT2D eigenvalue weighted by Gasteiger charge is 2.21. The Balaban J connectivity index is 1.97. The van der Waals surface area contributed by atoms with Crippen LogP contribution in [0.2, 0.25) is 0 Å². The Morgan fingerprint density at radius 1 is 1.32 bits per heavy atom. The van der Waals surface area contributed by atoms with Gasteiger partial charge >= 0.3 is 0 Å². The first-order chi connectivity index (χ1) is 9.06. The summed E-state index contributed by atoms with van der Waals surface area (Å²) in [7, 11) is 0. The van der Waals surface area contributed by atoms with E-state index in [1.54, 1.807) is 12.1 Å². The van der Waals surface area contributed by atoms with Crippen molar-refractivity contribution in [3.05, 3.63) is 39.9 Å². The third kappa shape index (κ3) is 3.75. The van der Waals surface area contributed by atoms with Crippen molar-refractivity contribution in [2.24, 2.45) is 0 Å². The van der Waals surface area contributed by atoms with Crippen LogP contribution in [0.3, 0.4) is 0 Å². The molecule has 0 aliphatic carbocycles. The van der Waals surface area contributed by atoms with Crippen LogP contribution in [0, 0.1) is 10.1 Å². The van der Waals surface area contributed by atoms with E-state index in [2.05, 4.69) is 24.1 Å². The lowest BCUT2D eigenvalue weighted by Gasteiger charge is -2.36. The predicted molar refractivity (Wildman–Crippen MR) is 75.3 cm³/mol. The van der Waals surface area contributed by atoms with Crippen molar-refractivity contribution >= 4 is 5.69 Å². The summed E-state index contributed by atoms with van der Waals surface area (Å²) in [4.78, 5) is 13.0. The van der Waals surface area contributed by atoms with Crippen LogP contribution < -0.4 is 5.32 Å². The summed E-state index contributed by atoms with van der Waals surface area (Å²) >= 11 is 0. The van der Waals surface area contributed by atoms with E-state index < -0.39 is 0 Å². The highest BCUT2D eigenvalue weighted by molar-refractivity contribution is 5.39. The van der Waals surface area contributed by atoms with E-state index in [1.165, 1.54) is 0 Å². The summed E-state index contributed by atoms with van der Waals surface area (Å²) in [5.41, 5.74) is 1.06. The molecule has 104 valence electrons. The topological polar surface area (TPSA) is 58.4 Å². The molecular weight excluding hydrogens is 242 g/mol. The number of benzene rings is 1. The zero-order valence-corrected chi connectivity index (χ0v) is 11.5. The van der Waals surface area contributed by atoms with E-state index in [0.717, 1.165) is 31.6 Å². The molecule has 1 aliphatic rings. The molecule has 1 aromatic rings. The molecule has 0 spiro atoms. The van der Waals surface area contributed by atoms with Gasteiger partial charge in [-0.3, -0.25) is 15.0 Å². The van der Waals surface area contributed by atoms with Gasteiger partial charge in [0.15, 0.2) is 0 Å². The first-order valence-electron chi connectivity index (χ1n) is 6.77. The molecule has 2 unspecified atom stereocenters. The van der Waals surface area contributed by atoms with Crippen molar-refractivity contribution < 1.29 is 4.92 Å². The van der Waals surface area contributed by atoms with Crippen LogP contribution in [-0.4, -0.2) is 41.5 Å². The zero-order chi connectivity index (χ0) is 13.8. The van der Waals surface area contributed by atoms with Crippen LogP contribution in [0.25, 0.3) is 0 Å². The van der Waals surface area contributed by atoms with Gasteiger partial charge in [0.1, 0.15) is 0 Å². The molecule has 1 N–H and O–H groups in total. The van der Waals surface area contributed by atoms with Gasteiger partial charge in [-0.2, -0.15) is 0 Å². The third-order valence-electron chi connectivity index (χ3n) is 3.52. The first-order valence-corrected chi connectivity index (χ1v) is 6.77. The number of nitrogens with zero attached hydrogens (tertiary/aromatic N) is 2. The van der Waals surface area contributed by atoms with Crippen molar-refractivity contribution in [3.63, 3.8) is 0 Å². The van der Waals surface area contributed by atoms with Crippen LogP contribution in [-0.2, 0) is 6.42 Å². The molecule has 0 radical (unpaired) electrons. The Kier molecular flexibility index (Phi) is 4.50. The van der Waals surface area contributed by atoms with Gasteiger partial charge < -0.3 is 5.32 Å². The van der Waals surface area contributed by atoms with Gasteiger partial charge in [0.05, 0.1) is 4.92 Å². The van der Waals surface area contributed by atoms with Gasteiger partial charge in [0.2, 0.25) is 0 Å². The Labute approximate surface area is 113 Å². The largest absolute Gasteiger partial charge is 0.309 e. The summed E-state index contributed by atoms with van der Waals surface area (Å²) in [6.07, 6.45) is 0.733. The minimum atomic E-state index is -0.293. The Bertz CT molecular complexity index is 440. The van der Waals surface area contributed by atoms with Crippen molar-refractivity contribution in [3.8, 4) is 0 Å². The van der Waals surface area contributed by atoms with E-state index in [4.69, 9.17) is 0 Å². The predicted octanol–water partition coefficient (Wildman–Crippen LogP) is 1.82. The average Bonchev–Trinajstić information content (AvgIpc) is 2.35.